The molecule has 0 bridgehead atoms. The highest BCUT2D eigenvalue weighted by Crippen LogP contribution is 2.56. The number of methoxy groups -OCH3 is 2. The van der Waals surface area contributed by atoms with Gasteiger partial charge in [-0.2, -0.15) is 15.2 Å². The molecule has 3 aliphatic heterocycles. The molecule has 1 unspecified atom stereocenters. The number of hydrogen-bond donors (Lipinski definition) is 2. The molecule has 4 aliphatic rings. The van der Waals surface area contributed by atoms with Crippen LogP contribution in [-0.2, 0) is 9.53 Å². The summed E-state index contributed by atoms with van der Waals surface area (Å²) in [5.41, 5.74) is 5.81. The van der Waals surface area contributed by atoms with Gasteiger partial charge in [0.15, 0.2) is 11.6 Å². The molecule has 5 heterocycles. The van der Waals surface area contributed by atoms with Gasteiger partial charge in [0.05, 0.1) is 41.0 Å². The molecule has 0 radical (unpaired) electrons. The fourth-order valence-corrected chi connectivity index (χ4v) is 9.94. The lowest BCUT2D eigenvalue weighted by Gasteiger charge is -2.52. The number of amides is 1. The lowest BCUT2D eigenvalue weighted by molar-refractivity contribution is -0.144. The quantitative estimate of drug-likeness (QED) is 0.148. The van der Waals surface area contributed by atoms with Crippen LogP contribution in [0.4, 0.5) is 24.0 Å². The molecule has 1 aliphatic carbocycles. The molecular weight excluding hydrogens is 755 g/mol. The van der Waals surface area contributed by atoms with Crippen LogP contribution in [0.1, 0.15) is 44.6 Å². The number of nitrogens with one attached hydrogen (secondary N) is 1. The average Bonchev–Trinajstić information content (AvgIpc) is 3.43. The number of nitriles is 1. The third kappa shape index (κ3) is 6.92. The Morgan fingerprint density at radius 3 is 2.69 bits per heavy atom. The van der Waals surface area contributed by atoms with E-state index in [9.17, 15) is 18.8 Å². The molecule has 2 aromatic carbocycles. The largest absolute Gasteiger partial charge is 0.491 e. The number of ether oxygens (including phenoxy) is 3. The highest BCUT2D eigenvalue weighted by Gasteiger charge is 2.59. The van der Waals surface area contributed by atoms with Gasteiger partial charge in [0.2, 0.25) is 5.91 Å². The first-order valence-corrected chi connectivity index (χ1v) is 19.5. The number of thiophene rings is 1. The number of carbonyl (C=O) groups excluding carboxylic acids is 1. The number of nitrogen functional groups attached to an aromatic ring is 1. The Bertz CT molecular complexity index is 2180. The van der Waals surface area contributed by atoms with Crippen molar-refractivity contribution in [3.8, 4) is 29.0 Å². The summed E-state index contributed by atoms with van der Waals surface area (Å²) >= 11 is 7.84. The Kier molecular flexibility index (Phi) is 11.1. The van der Waals surface area contributed by atoms with Crippen LogP contribution in [0.3, 0.4) is 0 Å². The van der Waals surface area contributed by atoms with Crippen molar-refractivity contribution in [3.05, 3.63) is 47.0 Å². The Balaban J connectivity index is 0.000000449. The number of benzene rings is 2. The molecule has 292 valence electrons. The number of rotatable bonds is 11. The van der Waals surface area contributed by atoms with Crippen molar-refractivity contribution in [1.29, 1.82) is 5.26 Å². The minimum Gasteiger partial charge on any atom is -0.491 e. The highest BCUT2D eigenvalue weighted by molar-refractivity contribution is 7.23. The zero-order valence-corrected chi connectivity index (χ0v) is 32.5. The first-order chi connectivity index (χ1) is 26.5. The molecule has 55 heavy (non-hydrogen) atoms. The number of alkyl halides is 1. The molecule has 0 spiro atoms. The molecule has 4 aromatic rings. The Morgan fingerprint density at radius 1 is 1.25 bits per heavy atom. The van der Waals surface area contributed by atoms with Gasteiger partial charge in [0.25, 0.3) is 0 Å². The SMILES string of the molecule is C=CC(=O)N1C[C@@H](CNc2nc(OC)nc3c(F)c(-c4ccc(F)c5sc(N)c(C#N)c45)c(Cl)c(OCC)c23)[C@H]1C1(COC)CC1.F[C@@H]1CC2CCCN2C1. The van der Waals surface area contributed by atoms with Gasteiger partial charge in [-0.15, -0.1) is 11.3 Å². The van der Waals surface area contributed by atoms with Crippen molar-refractivity contribution in [2.24, 2.45) is 11.3 Å². The summed E-state index contributed by atoms with van der Waals surface area (Å²) in [4.78, 5) is 25.6. The molecule has 16 heteroatoms. The maximum Gasteiger partial charge on any atom is 0.318 e. The Labute approximate surface area is 326 Å². The number of halogens is 4. The van der Waals surface area contributed by atoms with Gasteiger partial charge in [-0.05, 0) is 63.3 Å². The first kappa shape index (κ1) is 38.9. The maximum absolute atomic E-state index is 16.8. The van der Waals surface area contributed by atoms with Crippen molar-refractivity contribution in [1.82, 2.24) is 19.8 Å². The predicted octanol–water partition coefficient (Wildman–Crippen LogP) is 7.35. The van der Waals surface area contributed by atoms with E-state index < -0.39 is 17.8 Å². The number of likely N-dealkylation sites (tertiary alicyclic amines) is 1. The number of nitrogens with two attached hydrogens (primary N) is 1. The highest BCUT2D eigenvalue weighted by atomic mass is 35.5. The maximum atomic E-state index is 16.8. The lowest BCUT2D eigenvalue weighted by atomic mass is 9.77. The third-order valence-electron chi connectivity index (χ3n) is 11.2. The second-order valence-corrected chi connectivity index (χ2v) is 15.9. The Hall–Kier alpha value is -4.36. The Morgan fingerprint density at radius 2 is 2.04 bits per heavy atom. The minimum atomic E-state index is -0.838. The van der Waals surface area contributed by atoms with Gasteiger partial charge in [0, 0.05) is 61.1 Å². The van der Waals surface area contributed by atoms with Gasteiger partial charge in [0.1, 0.15) is 34.4 Å². The number of aromatic nitrogens is 2. The second-order valence-electron chi connectivity index (χ2n) is 14.5. The molecule has 1 amide bonds. The normalized spacial score (nSPS) is 22.4. The van der Waals surface area contributed by atoms with Crippen molar-refractivity contribution in [2.75, 3.05) is 64.7 Å². The topological polar surface area (TPSA) is 139 Å². The molecule has 2 aromatic heterocycles. The van der Waals surface area contributed by atoms with E-state index >= 15 is 4.39 Å². The molecule has 3 saturated heterocycles. The van der Waals surface area contributed by atoms with E-state index in [1.807, 2.05) is 11.0 Å². The van der Waals surface area contributed by atoms with E-state index in [4.69, 9.17) is 31.5 Å². The predicted molar refractivity (Wildman–Crippen MR) is 207 cm³/mol. The zero-order valence-electron chi connectivity index (χ0n) is 30.9. The summed E-state index contributed by atoms with van der Waals surface area (Å²) < 4.78 is 61.2. The number of anilines is 2. The number of fused-ring (bicyclic) bond motifs is 3. The van der Waals surface area contributed by atoms with E-state index in [-0.39, 0.29) is 95.2 Å². The van der Waals surface area contributed by atoms with Crippen LogP contribution in [0.2, 0.25) is 5.02 Å². The van der Waals surface area contributed by atoms with Crippen molar-refractivity contribution < 1.29 is 32.2 Å². The van der Waals surface area contributed by atoms with Crippen molar-refractivity contribution in [3.63, 3.8) is 0 Å². The zero-order chi connectivity index (χ0) is 39.2. The van der Waals surface area contributed by atoms with E-state index in [1.54, 1.807) is 14.0 Å². The van der Waals surface area contributed by atoms with Gasteiger partial charge in [-0.3, -0.25) is 9.69 Å². The summed E-state index contributed by atoms with van der Waals surface area (Å²) in [5.74, 6) is -1.21. The molecule has 1 saturated carbocycles. The van der Waals surface area contributed by atoms with Crippen LogP contribution in [0.5, 0.6) is 11.8 Å². The number of nitrogens with zero attached hydrogens (tertiary/aromatic N) is 5. The molecule has 8 rings (SSSR count). The van der Waals surface area contributed by atoms with E-state index in [0.717, 1.165) is 37.1 Å². The van der Waals surface area contributed by atoms with Crippen LogP contribution in [0.25, 0.3) is 32.1 Å². The van der Waals surface area contributed by atoms with Gasteiger partial charge >= 0.3 is 6.01 Å². The monoisotopic (exact) mass is 797 g/mol. The summed E-state index contributed by atoms with van der Waals surface area (Å²) in [6.07, 6.45) is 6.00. The van der Waals surface area contributed by atoms with Crippen molar-refractivity contribution in [2.45, 2.75) is 57.3 Å². The fraction of sp³-hybridized carbons (Fsp3) is 0.487. The van der Waals surface area contributed by atoms with Crippen LogP contribution in [0, 0.1) is 34.3 Å². The summed E-state index contributed by atoms with van der Waals surface area (Å²) in [5, 5.41) is 13.5. The standard InChI is InChI=1S/C32H31ClF2N6O4S.C7H12FN/c1-5-19(42)41-13-15(28(41)32(9-10-32)14-43-3)12-38-30-22-25(39-31(40-30)44-4)24(35)21(23(33)26(22)45-6-2)16-7-8-18(34)27-20(16)17(11-36)29(37)46-27;8-6-4-7-2-1-3-9(7)5-6/h5,7-8,15,28H,1,6,9-10,12-14,37H2,2-4H3,(H,38,39,40);6-7H,1-5H2/t15-,28+;6-,7?/m11/s1. The smallest absolute Gasteiger partial charge is 0.318 e. The fourth-order valence-electron chi connectivity index (χ4n) is 8.66. The molecule has 11 nitrogen and oxygen atoms in total. The third-order valence-corrected chi connectivity index (χ3v) is 12.6. The van der Waals surface area contributed by atoms with Gasteiger partial charge in [-0.1, -0.05) is 24.2 Å². The number of carbonyl (C=O) groups is 1. The summed E-state index contributed by atoms with van der Waals surface area (Å²) in [6, 6.07) is 4.96. The molecule has 4 fully saturated rings. The van der Waals surface area contributed by atoms with E-state index in [0.29, 0.717) is 32.3 Å². The van der Waals surface area contributed by atoms with Crippen LogP contribution in [-0.4, -0.2) is 97.5 Å². The van der Waals surface area contributed by atoms with Gasteiger partial charge in [-0.25, -0.2) is 13.2 Å². The van der Waals surface area contributed by atoms with Crippen LogP contribution in [0.15, 0.2) is 24.8 Å². The van der Waals surface area contributed by atoms with Crippen LogP contribution < -0.4 is 20.5 Å². The second kappa shape index (κ2) is 15.6. The average molecular weight is 798 g/mol. The molecular formula is C39H43ClF3N7O4S. The van der Waals surface area contributed by atoms with Crippen LogP contribution >= 0.6 is 22.9 Å². The van der Waals surface area contributed by atoms with E-state index in [1.165, 1.54) is 38.2 Å². The molecule has 4 atom stereocenters. The number of hydrogen-bond acceptors (Lipinski definition) is 11. The van der Waals surface area contributed by atoms with E-state index in [2.05, 4.69) is 26.8 Å². The first-order valence-electron chi connectivity index (χ1n) is 18.3. The lowest BCUT2D eigenvalue weighted by Crippen LogP contribution is -2.64. The van der Waals surface area contributed by atoms with Gasteiger partial charge < -0.3 is 30.2 Å². The minimum absolute atomic E-state index is 0.0200. The molecule has 3 N–H and O–H groups in total. The summed E-state index contributed by atoms with van der Waals surface area (Å²) in [6.45, 7) is 8.84. The van der Waals surface area contributed by atoms with Crippen molar-refractivity contribution >= 4 is 60.7 Å². The summed E-state index contributed by atoms with van der Waals surface area (Å²) in [7, 11) is 3.01.